The number of aromatic nitrogens is 4. The average molecular weight is 569 g/mol. The number of pyridine rings is 1. The number of carbonyl (C=O) groups is 1. The van der Waals surface area contributed by atoms with Crippen molar-refractivity contribution in [2.24, 2.45) is 0 Å². The number of nitrogens with zero attached hydrogens (tertiary/aromatic N) is 5. The monoisotopic (exact) mass is 568 g/mol. The maximum Gasteiger partial charge on any atom is 0.277 e. The molecule has 0 aliphatic carbocycles. The number of methoxy groups -OCH3 is 1. The minimum atomic E-state index is -3.53. The number of anilines is 2. The summed E-state index contributed by atoms with van der Waals surface area (Å²) >= 11 is 0. The largest absolute Gasteiger partial charge is 0.444 e. The van der Waals surface area contributed by atoms with Crippen molar-refractivity contribution in [3.05, 3.63) is 54.3 Å². The second kappa shape index (κ2) is 11.7. The predicted octanol–water partition coefficient (Wildman–Crippen LogP) is 3.63. The molecule has 4 aromatic rings. The van der Waals surface area contributed by atoms with Crippen LogP contribution in [0.15, 0.2) is 47.3 Å². The molecule has 1 N–H and O–H groups in total. The van der Waals surface area contributed by atoms with Crippen molar-refractivity contribution in [2.45, 2.75) is 39.3 Å². The normalized spacial score (nSPS) is 14.6. The molecular weight excluding hydrogens is 536 g/mol. The van der Waals surface area contributed by atoms with Crippen molar-refractivity contribution in [1.29, 1.82) is 0 Å². The zero-order valence-corrected chi connectivity index (χ0v) is 23.5. The Labute approximate surface area is 232 Å². The third kappa shape index (κ3) is 6.16. The summed E-state index contributed by atoms with van der Waals surface area (Å²) in [6.45, 7) is 5.63. The van der Waals surface area contributed by atoms with Gasteiger partial charge in [-0.15, -0.1) is 0 Å². The average Bonchev–Trinajstić information content (AvgIpc) is 3.59. The standard InChI is InChI=1S/C27H32N6O6S/c1-4-40(35,36)39-21-6-9-32(10-7-21)25-15-24-20(16-29-33(24)11-12-37-3)14-22(25)30-26(34)23-17-38-27(31-23)19-5-8-28-18(2)13-19/h5,8,13-17,21H,4,6-7,9-12H2,1-3H3,(H,30,34). The number of benzene rings is 1. The first-order chi connectivity index (χ1) is 19.3. The molecule has 0 saturated carbocycles. The van der Waals surface area contributed by atoms with Crippen molar-refractivity contribution < 1.29 is 26.5 Å². The van der Waals surface area contributed by atoms with Crippen LogP contribution in [-0.4, -0.2) is 72.7 Å². The Bertz CT molecular complexity index is 1610. The fraction of sp³-hybridized carbons (Fsp3) is 0.407. The molecule has 0 bridgehead atoms. The van der Waals surface area contributed by atoms with Crippen LogP contribution in [0.1, 0.15) is 35.9 Å². The molecule has 5 rings (SSSR count). The van der Waals surface area contributed by atoms with Crippen LogP contribution in [0.3, 0.4) is 0 Å². The quantitative estimate of drug-likeness (QED) is 0.282. The van der Waals surface area contributed by atoms with Gasteiger partial charge in [-0.05, 0) is 51.0 Å². The van der Waals surface area contributed by atoms with Gasteiger partial charge in [0.2, 0.25) is 5.89 Å². The van der Waals surface area contributed by atoms with E-state index in [9.17, 15) is 13.2 Å². The highest BCUT2D eigenvalue weighted by atomic mass is 32.2. The van der Waals surface area contributed by atoms with Crippen LogP contribution in [-0.2, 0) is 25.6 Å². The first kappa shape index (κ1) is 27.7. The van der Waals surface area contributed by atoms with E-state index < -0.39 is 16.0 Å². The van der Waals surface area contributed by atoms with Crippen LogP contribution in [0.4, 0.5) is 11.4 Å². The van der Waals surface area contributed by atoms with Crippen molar-refractivity contribution in [1.82, 2.24) is 19.7 Å². The maximum atomic E-state index is 13.3. The third-order valence-electron chi connectivity index (χ3n) is 6.81. The van der Waals surface area contributed by atoms with Crippen LogP contribution in [0.5, 0.6) is 0 Å². The first-order valence-corrected chi connectivity index (χ1v) is 14.7. The molecular formula is C27H32N6O6S. The molecule has 1 amide bonds. The lowest BCUT2D eigenvalue weighted by Crippen LogP contribution is -2.38. The van der Waals surface area contributed by atoms with Gasteiger partial charge in [0, 0.05) is 43.0 Å². The molecule has 0 unspecified atom stereocenters. The Balaban J connectivity index is 1.41. The fourth-order valence-corrected chi connectivity index (χ4v) is 5.42. The smallest absolute Gasteiger partial charge is 0.277 e. The predicted molar refractivity (Wildman–Crippen MR) is 150 cm³/mol. The molecule has 0 spiro atoms. The van der Waals surface area contributed by atoms with Crippen molar-refractivity contribution >= 4 is 38.3 Å². The van der Waals surface area contributed by atoms with Crippen molar-refractivity contribution in [3.8, 4) is 11.5 Å². The number of nitrogens with one attached hydrogen (secondary N) is 1. The van der Waals surface area contributed by atoms with Gasteiger partial charge in [0.05, 0.1) is 48.1 Å². The van der Waals surface area contributed by atoms with E-state index in [1.807, 2.05) is 29.8 Å². The van der Waals surface area contributed by atoms with E-state index in [-0.39, 0.29) is 17.6 Å². The molecule has 0 atom stereocenters. The Morgan fingerprint density at radius 3 is 2.75 bits per heavy atom. The minimum absolute atomic E-state index is 0.0595. The van der Waals surface area contributed by atoms with Crippen LogP contribution < -0.4 is 10.2 Å². The number of hydrogen-bond acceptors (Lipinski definition) is 10. The number of piperidine rings is 1. The second-order valence-electron chi connectivity index (χ2n) is 9.60. The van der Waals surface area contributed by atoms with Gasteiger partial charge in [-0.3, -0.25) is 18.6 Å². The summed E-state index contributed by atoms with van der Waals surface area (Å²) < 4.78 is 41.9. The minimum Gasteiger partial charge on any atom is -0.444 e. The van der Waals surface area contributed by atoms with Crippen LogP contribution >= 0.6 is 0 Å². The Kier molecular flexibility index (Phi) is 8.14. The third-order valence-corrected chi connectivity index (χ3v) is 8.09. The van der Waals surface area contributed by atoms with Crippen LogP contribution in [0.25, 0.3) is 22.4 Å². The molecule has 13 heteroatoms. The van der Waals surface area contributed by atoms with Crippen LogP contribution in [0.2, 0.25) is 0 Å². The van der Waals surface area contributed by atoms with Gasteiger partial charge in [0.25, 0.3) is 16.0 Å². The lowest BCUT2D eigenvalue weighted by Gasteiger charge is -2.34. The molecule has 1 saturated heterocycles. The highest BCUT2D eigenvalue weighted by Crippen LogP contribution is 2.34. The number of ether oxygens (including phenoxy) is 1. The summed E-state index contributed by atoms with van der Waals surface area (Å²) in [7, 11) is -1.89. The number of hydrogen-bond donors (Lipinski definition) is 1. The summed E-state index contributed by atoms with van der Waals surface area (Å²) in [4.78, 5) is 24.0. The van der Waals surface area contributed by atoms with Crippen LogP contribution in [0, 0.1) is 6.92 Å². The summed E-state index contributed by atoms with van der Waals surface area (Å²) in [6, 6.07) is 7.48. The Hall–Kier alpha value is -3.81. The van der Waals surface area contributed by atoms with E-state index in [1.165, 1.54) is 6.26 Å². The molecule has 3 aromatic heterocycles. The Morgan fingerprint density at radius 2 is 2.02 bits per heavy atom. The van der Waals surface area contributed by atoms with Gasteiger partial charge in [-0.25, -0.2) is 4.98 Å². The topological polar surface area (TPSA) is 142 Å². The van der Waals surface area contributed by atoms with Gasteiger partial charge < -0.3 is 19.4 Å². The van der Waals surface area contributed by atoms with Gasteiger partial charge in [0.1, 0.15) is 6.26 Å². The number of rotatable bonds is 10. The molecule has 0 radical (unpaired) electrons. The number of carbonyl (C=O) groups excluding carboxylic acids is 1. The molecule has 1 aliphatic heterocycles. The first-order valence-electron chi connectivity index (χ1n) is 13.1. The second-order valence-corrected chi connectivity index (χ2v) is 11.5. The number of amides is 1. The SMILES string of the molecule is CCS(=O)(=O)OC1CCN(c2cc3c(cnn3CCOC)cc2NC(=O)c2coc(-c3ccnc(C)c3)n2)CC1. The summed E-state index contributed by atoms with van der Waals surface area (Å²) in [5.74, 6) is -0.147. The van der Waals surface area contributed by atoms with Crippen molar-refractivity contribution in [2.75, 3.05) is 42.8 Å². The van der Waals surface area contributed by atoms with E-state index >= 15 is 0 Å². The van der Waals surface area contributed by atoms with Gasteiger partial charge in [0.15, 0.2) is 5.69 Å². The Morgan fingerprint density at radius 1 is 1.23 bits per heavy atom. The molecule has 212 valence electrons. The number of aryl methyl sites for hydroxylation is 1. The summed E-state index contributed by atoms with van der Waals surface area (Å²) in [5, 5.41) is 8.35. The highest BCUT2D eigenvalue weighted by Gasteiger charge is 2.27. The van der Waals surface area contributed by atoms with Gasteiger partial charge in [-0.1, -0.05) is 0 Å². The maximum absolute atomic E-state index is 13.3. The molecule has 40 heavy (non-hydrogen) atoms. The zero-order chi connectivity index (χ0) is 28.3. The zero-order valence-electron chi connectivity index (χ0n) is 22.7. The summed E-state index contributed by atoms with van der Waals surface area (Å²) in [5.41, 5.74) is 3.97. The molecule has 12 nitrogen and oxygen atoms in total. The van der Waals surface area contributed by atoms with E-state index in [4.69, 9.17) is 13.3 Å². The summed E-state index contributed by atoms with van der Waals surface area (Å²) in [6.07, 6.45) is 5.44. The lowest BCUT2D eigenvalue weighted by molar-refractivity contribution is 0.102. The van der Waals surface area contributed by atoms with E-state index in [1.54, 1.807) is 32.5 Å². The lowest BCUT2D eigenvalue weighted by atomic mass is 10.1. The number of fused-ring (bicyclic) bond motifs is 1. The number of oxazole rings is 1. The van der Waals surface area contributed by atoms with E-state index in [2.05, 4.69) is 25.3 Å². The van der Waals surface area contributed by atoms with Gasteiger partial charge >= 0.3 is 0 Å². The fourth-order valence-electron chi connectivity index (χ4n) is 4.68. The van der Waals surface area contributed by atoms with Crippen molar-refractivity contribution in [3.63, 3.8) is 0 Å². The highest BCUT2D eigenvalue weighted by molar-refractivity contribution is 7.86. The van der Waals surface area contributed by atoms with E-state index in [0.29, 0.717) is 50.7 Å². The molecule has 4 heterocycles. The van der Waals surface area contributed by atoms with E-state index in [0.717, 1.165) is 27.8 Å². The molecule has 1 aliphatic rings. The van der Waals surface area contributed by atoms with Gasteiger partial charge in [-0.2, -0.15) is 13.5 Å². The molecule has 1 aromatic carbocycles. The molecule has 1 fully saturated rings.